The van der Waals surface area contributed by atoms with E-state index in [1.807, 2.05) is 42.2 Å². The molecular weight excluding hydrogens is 222 g/mol. The summed E-state index contributed by atoms with van der Waals surface area (Å²) in [5.41, 5.74) is 0.883. The highest BCUT2D eigenvalue weighted by molar-refractivity contribution is 6.30. The van der Waals surface area contributed by atoms with Crippen molar-refractivity contribution in [2.45, 2.75) is 31.2 Å². The summed E-state index contributed by atoms with van der Waals surface area (Å²) in [6.07, 6.45) is 2.25. The number of amides is 1. The second-order valence-corrected chi connectivity index (χ2v) is 4.57. The van der Waals surface area contributed by atoms with Gasteiger partial charge in [-0.2, -0.15) is 0 Å². The van der Waals surface area contributed by atoms with Crippen LogP contribution in [-0.2, 0) is 4.79 Å². The summed E-state index contributed by atoms with van der Waals surface area (Å²) in [5, 5.41) is -0.540. The molecule has 1 atom stereocenters. The third-order valence-corrected chi connectivity index (χ3v) is 3.36. The van der Waals surface area contributed by atoms with Gasteiger partial charge < -0.3 is 4.90 Å². The minimum atomic E-state index is -0.540. The van der Waals surface area contributed by atoms with Gasteiger partial charge in [0.25, 0.3) is 0 Å². The van der Waals surface area contributed by atoms with Crippen molar-refractivity contribution in [2.75, 3.05) is 6.54 Å². The SMILES string of the molecule is CCN(C(=O)C(Cl)c1ccccc1)C1CC1. The van der Waals surface area contributed by atoms with Crippen molar-refractivity contribution in [3.05, 3.63) is 35.9 Å². The van der Waals surface area contributed by atoms with E-state index >= 15 is 0 Å². The zero-order valence-electron chi connectivity index (χ0n) is 9.40. The first-order chi connectivity index (χ1) is 7.74. The topological polar surface area (TPSA) is 20.3 Å². The number of likely N-dealkylation sites (N-methyl/N-ethyl adjacent to an activating group) is 1. The Morgan fingerprint density at radius 2 is 2.06 bits per heavy atom. The lowest BCUT2D eigenvalue weighted by molar-refractivity contribution is -0.131. The lowest BCUT2D eigenvalue weighted by Crippen LogP contribution is -2.35. The summed E-state index contributed by atoms with van der Waals surface area (Å²) in [5.74, 6) is 0.0397. The number of carbonyl (C=O) groups excluding carboxylic acids is 1. The maximum Gasteiger partial charge on any atom is 0.245 e. The molecule has 0 heterocycles. The van der Waals surface area contributed by atoms with Gasteiger partial charge in [0.15, 0.2) is 0 Å². The molecule has 0 spiro atoms. The lowest BCUT2D eigenvalue weighted by Gasteiger charge is -2.23. The summed E-state index contributed by atoms with van der Waals surface area (Å²) < 4.78 is 0. The van der Waals surface area contributed by atoms with E-state index in [-0.39, 0.29) is 5.91 Å². The maximum atomic E-state index is 12.2. The number of halogens is 1. The minimum Gasteiger partial charge on any atom is -0.338 e. The van der Waals surface area contributed by atoms with Crippen molar-refractivity contribution in [1.82, 2.24) is 4.90 Å². The van der Waals surface area contributed by atoms with Gasteiger partial charge in [-0.15, -0.1) is 11.6 Å². The first-order valence-corrected chi connectivity index (χ1v) is 6.17. The highest BCUT2D eigenvalue weighted by atomic mass is 35.5. The van der Waals surface area contributed by atoms with E-state index < -0.39 is 5.38 Å². The summed E-state index contributed by atoms with van der Waals surface area (Å²) in [6, 6.07) is 9.97. The molecule has 2 nitrogen and oxygen atoms in total. The Morgan fingerprint density at radius 1 is 1.44 bits per heavy atom. The molecule has 1 aliphatic carbocycles. The van der Waals surface area contributed by atoms with E-state index in [1.165, 1.54) is 0 Å². The second kappa shape index (κ2) is 4.88. The van der Waals surface area contributed by atoms with E-state index in [0.717, 1.165) is 24.9 Å². The van der Waals surface area contributed by atoms with Crippen LogP contribution in [0.4, 0.5) is 0 Å². The molecule has 1 unspecified atom stereocenters. The first-order valence-electron chi connectivity index (χ1n) is 5.73. The number of benzene rings is 1. The normalized spacial score (nSPS) is 16.9. The number of hydrogen-bond acceptors (Lipinski definition) is 1. The Hall–Kier alpha value is -1.02. The predicted octanol–water partition coefficient (Wildman–Crippen LogP) is 2.98. The molecule has 0 radical (unpaired) electrons. The van der Waals surface area contributed by atoms with Gasteiger partial charge in [-0.3, -0.25) is 4.79 Å². The fraction of sp³-hybridized carbons (Fsp3) is 0.462. The van der Waals surface area contributed by atoms with Crippen LogP contribution in [0.3, 0.4) is 0 Å². The number of hydrogen-bond donors (Lipinski definition) is 0. The van der Waals surface area contributed by atoms with E-state index in [0.29, 0.717) is 6.04 Å². The molecule has 0 N–H and O–H groups in total. The van der Waals surface area contributed by atoms with Gasteiger partial charge >= 0.3 is 0 Å². The molecular formula is C13H16ClNO. The molecule has 2 rings (SSSR count). The van der Waals surface area contributed by atoms with Crippen LogP contribution < -0.4 is 0 Å². The first kappa shape index (κ1) is 11.5. The molecule has 0 aliphatic heterocycles. The smallest absolute Gasteiger partial charge is 0.245 e. The van der Waals surface area contributed by atoms with Gasteiger partial charge in [-0.1, -0.05) is 30.3 Å². The number of alkyl halides is 1. The molecule has 0 bridgehead atoms. The molecule has 86 valence electrons. The average molecular weight is 238 g/mol. The average Bonchev–Trinajstić information content (AvgIpc) is 3.14. The quantitative estimate of drug-likeness (QED) is 0.738. The third kappa shape index (κ3) is 2.38. The summed E-state index contributed by atoms with van der Waals surface area (Å²) in [6.45, 7) is 2.75. The van der Waals surface area contributed by atoms with Crippen molar-refractivity contribution in [2.24, 2.45) is 0 Å². The van der Waals surface area contributed by atoms with Crippen LogP contribution in [0, 0.1) is 0 Å². The molecule has 0 saturated heterocycles. The van der Waals surface area contributed by atoms with E-state index in [2.05, 4.69) is 0 Å². The van der Waals surface area contributed by atoms with Crippen LogP contribution in [0.2, 0.25) is 0 Å². The molecule has 1 aromatic rings. The van der Waals surface area contributed by atoms with E-state index in [1.54, 1.807) is 0 Å². The fourth-order valence-corrected chi connectivity index (χ4v) is 2.16. The molecule has 1 aliphatic rings. The second-order valence-electron chi connectivity index (χ2n) is 4.13. The maximum absolute atomic E-state index is 12.2. The van der Waals surface area contributed by atoms with Crippen LogP contribution >= 0.6 is 11.6 Å². The van der Waals surface area contributed by atoms with Crippen LogP contribution in [0.5, 0.6) is 0 Å². The molecule has 16 heavy (non-hydrogen) atoms. The van der Waals surface area contributed by atoms with Crippen LogP contribution in [0.1, 0.15) is 30.7 Å². The van der Waals surface area contributed by atoms with Crippen molar-refractivity contribution < 1.29 is 4.79 Å². The van der Waals surface area contributed by atoms with E-state index in [4.69, 9.17) is 11.6 Å². The predicted molar refractivity (Wildman–Crippen MR) is 65.4 cm³/mol. The zero-order chi connectivity index (χ0) is 11.5. The third-order valence-electron chi connectivity index (χ3n) is 2.92. The number of nitrogens with zero attached hydrogens (tertiary/aromatic N) is 1. The Labute approximate surface area is 101 Å². The monoisotopic (exact) mass is 237 g/mol. The van der Waals surface area contributed by atoms with E-state index in [9.17, 15) is 4.79 Å². The van der Waals surface area contributed by atoms with Crippen LogP contribution in [0.15, 0.2) is 30.3 Å². The van der Waals surface area contributed by atoms with Gasteiger partial charge in [-0.25, -0.2) is 0 Å². The van der Waals surface area contributed by atoms with Crippen molar-refractivity contribution in [3.8, 4) is 0 Å². The molecule has 1 amide bonds. The summed E-state index contributed by atoms with van der Waals surface area (Å²) in [7, 11) is 0. The van der Waals surface area contributed by atoms with Crippen molar-refractivity contribution >= 4 is 17.5 Å². The van der Waals surface area contributed by atoms with Gasteiger partial charge in [-0.05, 0) is 25.3 Å². The molecule has 0 aromatic heterocycles. The standard InChI is InChI=1S/C13H16ClNO/c1-2-15(11-8-9-11)13(16)12(14)10-6-4-3-5-7-10/h3-7,11-12H,2,8-9H2,1H3. The van der Waals surface area contributed by atoms with Gasteiger partial charge in [0.05, 0.1) is 0 Å². The van der Waals surface area contributed by atoms with Crippen LogP contribution in [-0.4, -0.2) is 23.4 Å². The Kier molecular flexibility index (Phi) is 3.49. The number of carbonyl (C=O) groups is 1. The minimum absolute atomic E-state index is 0.0397. The molecule has 1 fully saturated rings. The molecule has 1 saturated carbocycles. The van der Waals surface area contributed by atoms with Gasteiger partial charge in [0.1, 0.15) is 5.38 Å². The Bertz CT molecular complexity index is 361. The lowest BCUT2D eigenvalue weighted by atomic mass is 10.1. The van der Waals surface area contributed by atoms with Crippen molar-refractivity contribution in [1.29, 1.82) is 0 Å². The molecule has 3 heteroatoms. The zero-order valence-corrected chi connectivity index (χ0v) is 10.2. The largest absolute Gasteiger partial charge is 0.338 e. The Morgan fingerprint density at radius 3 is 2.56 bits per heavy atom. The Balaban J connectivity index is 2.09. The summed E-state index contributed by atoms with van der Waals surface area (Å²) >= 11 is 6.21. The van der Waals surface area contributed by atoms with Gasteiger partial charge in [0.2, 0.25) is 5.91 Å². The summed E-state index contributed by atoms with van der Waals surface area (Å²) in [4.78, 5) is 14.0. The van der Waals surface area contributed by atoms with Gasteiger partial charge in [0, 0.05) is 12.6 Å². The molecule has 1 aromatic carbocycles. The van der Waals surface area contributed by atoms with Crippen molar-refractivity contribution in [3.63, 3.8) is 0 Å². The fourth-order valence-electron chi connectivity index (χ4n) is 1.89. The number of rotatable bonds is 4. The highest BCUT2D eigenvalue weighted by Crippen LogP contribution is 2.31. The highest BCUT2D eigenvalue weighted by Gasteiger charge is 2.34. The van der Waals surface area contributed by atoms with Crippen LogP contribution in [0.25, 0.3) is 0 Å².